The number of anilines is 1. The molecule has 0 saturated carbocycles. The number of hydrogen-bond donors (Lipinski definition) is 1. The van der Waals surface area contributed by atoms with Crippen LogP contribution in [-0.2, 0) is 10.0 Å². The van der Waals surface area contributed by atoms with Gasteiger partial charge in [0.1, 0.15) is 0 Å². The summed E-state index contributed by atoms with van der Waals surface area (Å²) in [4.78, 5) is 21.0. The first-order valence-electron chi connectivity index (χ1n) is 7.64. The van der Waals surface area contributed by atoms with Gasteiger partial charge in [-0.1, -0.05) is 13.8 Å². The maximum atomic E-state index is 12.4. The van der Waals surface area contributed by atoms with Crippen molar-refractivity contribution in [2.24, 2.45) is 0 Å². The summed E-state index contributed by atoms with van der Waals surface area (Å²) >= 11 is 0. The molecule has 25 heavy (non-hydrogen) atoms. The van der Waals surface area contributed by atoms with Gasteiger partial charge in [-0.2, -0.15) is 0 Å². The van der Waals surface area contributed by atoms with Gasteiger partial charge in [-0.05, 0) is 19.8 Å². The van der Waals surface area contributed by atoms with Crippen molar-refractivity contribution in [2.45, 2.75) is 44.6 Å². The molecule has 0 aliphatic rings. The van der Waals surface area contributed by atoms with Gasteiger partial charge >= 0.3 is 11.4 Å². The van der Waals surface area contributed by atoms with E-state index in [0.29, 0.717) is 12.8 Å². The van der Waals surface area contributed by atoms with E-state index in [1.807, 2.05) is 13.8 Å². The fourth-order valence-corrected chi connectivity index (χ4v) is 3.54. The highest BCUT2D eigenvalue weighted by Gasteiger charge is 2.35. The zero-order chi connectivity index (χ0) is 19.5. The fourth-order valence-electron chi connectivity index (χ4n) is 2.41. The average molecular weight is 374 g/mol. The van der Waals surface area contributed by atoms with Crippen molar-refractivity contribution >= 4 is 27.1 Å². The molecule has 0 aliphatic carbocycles. The normalized spacial score (nSPS) is 11.8. The predicted octanol–water partition coefficient (Wildman–Crippen LogP) is 2.66. The topological polar surface area (TPSA) is 136 Å². The molecule has 0 aliphatic heterocycles. The van der Waals surface area contributed by atoms with Gasteiger partial charge in [-0.3, -0.25) is 20.2 Å². The Hall–Kier alpha value is -2.27. The summed E-state index contributed by atoms with van der Waals surface area (Å²) in [7, 11) is -1.57. The summed E-state index contributed by atoms with van der Waals surface area (Å²) in [6.45, 7) is 4.96. The molecule has 0 spiro atoms. The number of sulfonamides is 1. The second kappa shape index (κ2) is 7.74. The molecule has 10 nitrogen and oxygen atoms in total. The summed E-state index contributed by atoms with van der Waals surface area (Å²) in [5, 5.41) is 25.8. The zero-order valence-electron chi connectivity index (χ0n) is 14.8. The summed E-state index contributed by atoms with van der Waals surface area (Å²) in [6.07, 6.45) is 1.20. The first kappa shape index (κ1) is 20.8. The number of nitro benzene ring substituents is 2. The van der Waals surface area contributed by atoms with Gasteiger partial charge in [-0.25, -0.2) is 12.7 Å². The van der Waals surface area contributed by atoms with E-state index in [1.54, 1.807) is 0 Å². The Balaban J connectivity index is 3.88. The van der Waals surface area contributed by atoms with Crippen LogP contribution in [0, 0.1) is 27.2 Å². The minimum Gasteiger partial charge on any atom is -0.371 e. The van der Waals surface area contributed by atoms with Crippen molar-refractivity contribution in [3.8, 4) is 0 Å². The SMILES string of the molecule is CCC(CC)Nc1c([N+](=O)[O-])cc(S(=O)(=O)N(C)C)c(C)c1[N+](=O)[O-]. The second-order valence-corrected chi connectivity index (χ2v) is 7.82. The zero-order valence-corrected chi connectivity index (χ0v) is 15.6. The molecule has 1 aromatic carbocycles. The Bertz CT molecular complexity index is 787. The van der Waals surface area contributed by atoms with Gasteiger partial charge < -0.3 is 5.32 Å². The lowest BCUT2D eigenvalue weighted by atomic mass is 10.1. The molecule has 0 heterocycles. The van der Waals surface area contributed by atoms with E-state index in [2.05, 4.69) is 5.32 Å². The third-order valence-electron chi connectivity index (χ3n) is 3.96. The van der Waals surface area contributed by atoms with Crippen molar-refractivity contribution in [3.63, 3.8) is 0 Å². The van der Waals surface area contributed by atoms with Crippen molar-refractivity contribution in [2.75, 3.05) is 19.4 Å². The van der Waals surface area contributed by atoms with Crippen molar-refractivity contribution in [1.29, 1.82) is 0 Å². The van der Waals surface area contributed by atoms with Crippen LogP contribution in [0.1, 0.15) is 32.3 Å². The van der Waals surface area contributed by atoms with E-state index in [0.717, 1.165) is 10.4 Å². The molecular weight excluding hydrogens is 352 g/mol. The van der Waals surface area contributed by atoms with Crippen molar-refractivity contribution in [3.05, 3.63) is 31.9 Å². The fraction of sp³-hybridized carbons (Fsp3) is 0.571. The van der Waals surface area contributed by atoms with E-state index in [1.165, 1.54) is 21.0 Å². The predicted molar refractivity (Wildman–Crippen MR) is 93.4 cm³/mol. The summed E-state index contributed by atoms with van der Waals surface area (Å²) in [5.74, 6) is 0. The lowest BCUT2D eigenvalue weighted by Gasteiger charge is -2.19. The summed E-state index contributed by atoms with van der Waals surface area (Å²) in [5.41, 5.74) is -1.64. The number of nitro groups is 2. The molecule has 1 rings (SSSR count). The van der Waals surface area contributed by atoms with E-state index in [-0.39, 0.29) is 17.3 Å². The Labute approximate surface area is 146 Å². The lowest BCUT2D eigenvalue weighted by Crippen LogP contribution is -2.24. The number of nitrogens with zero attached hydrogens (tertiary/aromatic N) is 3. The van der Waals surface area contributed by atoms with Crippen LogP contribution in [0.2, 0.25) is 0 Å². The minimum absolute atomic E-state index is 0.141. The highest BCUT2D eigenvalue weighted by atomic mass is 32.2. The molecule has 0 fully saturated rings. The lowest BCUT2D eigenvalue weighted by molar-refractivity contribution is -0.393. The van der Waals surface area contributed by atoms with E-state index in [4.69, 9.17) is 0 Å². The molecule has 0 aromatic heterocycles. The highest BCUT2D eigenvalue weighted by Crippen LogP contribution is 2.41. The van der Waals surface area contributed by atoms with Crippen molar-refractivity contribution < 1.29 is 18.3 Å². The van der Waals surface area contributed by atoms with Gasteiger partial charge in [0.2, 0.25) is 10.0 Å². The van der Waals surface area contributed by atoms with E-state index in [9.17, 15) is 28.6 Å². The van der Waals surface area contributed by atoms with Crippen LogP contribution >= 0.6 is 0 Å². The molecule has 0 saturated heterocycles. The van der Waals surface area contributed by atoms with Crippen LogP contribution in [0.3, 0.4) is 0 Å². The van der Waals surface area contributed by atoms with Crippen LogP contribution in [0.15, 0.2) is 11.0 Å². The van der Waals surface area contributed by atoms with Crippen LogP contribution < -0.4 is 5.32 Å². The molecule has 0 bridgehead atoms. The Morgan fingerprint density at radius 1 is 1.16 bits per heavy atom. The third-order valence-corrected chi connectivity index (χ3v) is 5.90. The maximum Gasteiger partial charge on any atom is 0.303 e. The van der Waals surface area contributed by atoms with Crippen molar-refractivity contribution in [1.82, 2.24) is 4.31 Å². The van der Waals surface area contributed by atoms with Gasteiger partial charge in [0, 0.05) is 31.8 Å². The van der Waals surface area contributed by atoms with Gasteiger partial charge in [0.15, 0.2) is 5.69 Å². The molecule has 1 aromatic rings. The van der Waals surface area contributed by atoms with Gasteiger partial charge in [0.05, 0.1) is 14.7 Å². The third kappa shape index (κ3) is 4.04. The maximum absolute atomic E-state index is 12.4. The molecule has 11 heteroatoms. The first-order valence-corrected chi connectivity index (χ1v) is 9.08. The summed E-state index contributed by atoms with van der Waals surface area (Å²) < 4.78 is 25.7. The van der Waals surface area contributed by atoms with Gasteiger partial charge in [-0.15, -0.1) is 0 Å². The molecular formula is C14H22N4O6S. The Morgan fingerprint density at radius 2 is 1.68 bits per heavy atom. The van der Waals surface area contributed by atoms with Crippen LogP contribution in [0.5, 0.6) is 0 Å². The van der Waals surface area contributed by atoms with Crippen LogP contribution in [0.25, 0.3) is 0 Å². The van der Waals surface area contributed by atoms with E-state index < -0.39 is 36.1 Å². The minimum atomic E-state index is -4.08. The molecule has 0 radical (unpaired) electrons. The van der Waals surface area contributed by atoms with Crippen LogP contribution in [-0.4, -0.2) is 42.7 Å². The largest absolute Gasteiger partial charge is 0.371 e. The standard InChI is InChI=1S/C14H22N4O6S/c1-6-10(7-2)15-13-11(17(19)20)8-12(25(23,24)16(4)5)9(3)14(13)18(21)22/h8,10,15H,6-7H2,1-5H3. The quantitative estimate of drug-likeness (QED) is 0.545. The monoisotopic (exact) mass is 374 g/mol. The Morgan fingerprint density at radius 3 is 2.04 bits per heavy atom. The molecule has 140 valence electrons. The number of hydrogen-bond acceptors (Lipinski definition) is 7. The number of rotatable bonds is 8. The van der Waals surface area contributed by atoms with E-state index >= 15 is 0 Å². The number of benzene rings is 1. The number of nitrogens with one attached hydrogen (secondary N) is 1. The summed E-state index contributed by atoms with van der Waals surface area (Å²) in [6, 6.07) is 0.663. The van der Waals surface area contributed by atoms with Crippen LogP contribution in [0.4, 0.5) is 17.1 Å². The molecule has 1 N–H and O–H groups in total. The smallest absolute Gasteiger partial charge is 0.303 e. The van der Waals surface area contributed by atoms with Gasteiger partial charge in [0.25, 0.3) is 0 Å². The second-order valence-electron chi connectivity index (χ2n) is 5.70. The first-order chi connectivity index (χ1) is 11.5. The molecule has 0 unspecified atom stereocenters. The molecule has 0 atom stereocenters. The Kier molecular flexibility index (Phi) is 6.43. The molecule has 0 amide bonds. The average Bonchev–Trinajstić information content (AvgIpc) is 2.51. The highest BCUT2D eigenvalue weighted by molar-refractivity contribution is 7.89.